The molecule has 0 spiro atoms. The number of sulfone groups is 1. The fourth-order valence-electron chi connectivity index (χ4n) is 2.91. The number of carbonyl (C=O) groups is 1. The van der Waals surface area contributed by atoms with Crippen molar-refractivity contribution in [2.45, 2.75) is 11.7 Å². The zero-order valence-corrected chi connectivity index (χ0v) is 16.9. The molecule has 3 rings (SSSR count). The van der Waals surface area contributed by atoms with Crippen molar-refractivity contribution in [1.29, 1.82) is 0 Å². The molecule has 0 bridgehead atoms. The standard InChI is InChI=1S/C17H18BrNO4S2/c1-23-12-4-5-14(18)13(11-12)17(20)19-7-6-16(15-3-2-9-24-15)25(21,22)10-8-19/h2-5,9,11,16H,6-8,10H2,1H3. The predicted molar refractivity (Wildman–Crippen MR) is 102 cm³/mol. The fourth-order valence-corrected chi connectivity index (χ4v) is 6.33. The van der Waals surface area contributed by atoms with Crippen molar-refractivity contribution < 1.29 is 17.9 Å². The summed E-state index contributed by atoms with van der Waals surface area (Å²) < 4.78 is 31.1. The molecule has 0 radical (unpaired) electrons. The first kappa shape index (κ1) is 18.4. The molecule has 0 aliphatic carbocycles. The van der Waals surface area contributed by atoms with Crippen LogP contribution in [-0.2, 0) is 9.84 Å². The summed E-state index contributed by atoms with van der Waals surface area (Å²) in [4.78, 5) is 15.4. The molecular weight excluding hydrogens is 426 g/mol. The van der Waals surface area contributed by atoms with Crippen LogP contribution in [0, 0.1) is 0 Å². The number of nitrogens with zero attached hydrogens (tertiary/aromatic N) is 1. The monoisotopic (exact) mass is 443 g/mol. The molecule has 1 aromatic carbocycles. The van der Waals surface area contributed by atoms with Crippen molar-refractivity contribution in [3.8, 4) is 5.75 Å². The van der Waals surface area contributed by atoms with Crippen molar-refractivity contribution >= 4 is 43.0 Å². The van der Waals surface area contributed by atoms with Gasteiger partial charge in [0.05, 0.1) is 23.7 Å². The van der Waals surface area contributed by atoms with Gasteiger partial charge in [0, 0.05) is 22.4 Å². The van der Waals surface area contributed by atoms with Crippen molar-refractivity contribution in [3.63, 3.8) is 0 Å². The van der Waals surface area contributed by atoms with Crippen LogP contribution in [0.1, 0.15) is 26.9 Å². The van der Waals surface area contributed by atoms with Crippen LogP contribution in [-0.4, -0.2) is 45.2 Å². The minimum Gasteiger partial charge on any atom is -0.497 e. The lowest BCUT2D eigenvalue weighted by Crippen LogP contribution is -2.33. The number of methoxy groups -OCH3 is 1. The minimum absolute atomic E-state index is 0.0249. The third-order valence-corrected chi connectivity index (χ3v) is 8.23. The second-order valence-electron chi connectivity index (χ2n) is 5.80. The Morgan fingerprint density at radius 2 is 2.12 bits per heavy atom. The maximum Gasteiger partial charge on any atom is 0.255 e. The topological polar surface area (TPSA) is 63.7 Å². The number of rotatable bonds is 3. The van der Waals surface area contributed by atoms with Gasteiger partial charge in [-0.15, -0.1) is 11.3 Å². The highest BCUT2D eigenvalue weighted by Crippen LogP contribution is 2.33. The van der Waals surface area contributed by atoms with Crippen molar-refractivity contribution in [3.05, 3.63) is 50.6 Å². The normalized spacial score (nSPS) is 20.1. The lowest BCUT2D eigenvalue weighted by atomic mass is 10.1. The van der Waals surface area contributed by atoms with Crippen LogP contribution in [0.5, 0.6) is 5.75 Å². The Kier molecular flexibility index (Phi) is 5.50. The van der Waals surface area contributed by atoms with Crippen molar-refractivity contribution in [2.75, 3.05) is 26.0 Å². The van der Waals surface area contributed by atoms with Crippen LogP contribution in [0.15, 0.2) is 40.2 Å². The van der Waals surface area contributed by atoms with E-state index in [2.05, 4.69) is 15.9 Å². The van der Waals surface area contributed by atoms with E-state index in [-0.39, 0.29) is 18.2 Å². The van der Waals surface area contributed by atoms with E-state index >= 15 is 0 Å². The van der Waals surface area contributed by atoms with Crippen LogP contribution in [0.3, 0.4) is 0 Å². The molecule has 0 saturated carbocycles. The number of benzene rings is 1. The average Bonchev–Trinajstić information content (AvgIpc) is 3.06. The highest BCUT2D eigenvalue weighted by molar-refractivity contribution is 9.10. The van der Waals surface area contributed by atoms with Gasteiger partial charge in [0.1, 0.15) is 5.75 Å². The first-order chi connectivity index (χ1) is 11.9. The number of halogens is 1. The van der Waals surface area contributed by atoms with Gasteiger partial charge >= 0.3 is 0 Å². The molecule has 2 aromatic rings. The lowest BCUT2D eigenvalue weighted by Gasteiger charge is -2.21. The third-order valence-electron chi connectivity index (χ3n) is 4.29. The van der Waals surface area contributed by atoms with Crippen LogP contribution < -0.4 is 4.74 Å². The van der Waals surface area contributed by atoms with Gasteiger partial charge < -0.3 is 9.64 Å². The number of amides is 1. The second-order valence-corrected chi connectivity index (χ2v) is 9.93. The van der Waals surface area contributed by atoms with Gasteiger partial charge in [-0.2, -0.15) is 0 Å². The number of ether oxygens (including phenoxy) is 1. The minimum atomic E-state index is -3.27. The van der Waals surface area contributed by atoms with E-state index in [9.17, 15) is 13.2 Å². The maximum absolute atomic E-state index is 12.9. The molecule has 134 valence electrons. The largest absolute Gasteiger partial charge is 0.497 e. The molecule has 1 unspecified atom stereocenters. The van der Waals surface area contributed by atoms with Gasteiger partial charge in [-0.25, -0.2) is 8.42 Å². The van der Waals surface area contributed by atoms with Gasteiger partial charge in [-0.1, -0.05) is 6.07 Å². The molecule has 1 saturated heterocycles. The average molecular weight is 444 g/mol. The van der Waals surface area contributed by atoms with Crippen LogP contribution >= 0.6 is 27.3 Å². The first-order valence-corrected chi connectivity index (χ1v) is 11.2. The second kappa shape index (κ2) is 7.47. The highest BCUT2D eigenvalue weighted by atomic mass is 79.9. The molecule has 1 aliphatic heterocycles. The van der Waals surface area contributed by atoms with Gasteiger partial charge in [0.2, 0.25) is 0 Å². The Morgan fingerprint density at radius 1 is 1.32 bits per heavy atom. The van der Waals surface area contributed by atoms with Crippen molar-refractivity contribution in [2.24, 2.45) is 0 Å². The summed E-state index contributed by atoms with van der Waals surface area (Å²) in [5.41, 5.74) is 0.478. The van der Waals surface area contributed by atoms with E-state index in [0.717, 1.165) is 4.88 Å². The maximum atomic E-state index is 12.9. The summed E-state index contributed by atoms with van der Waals surface area (Å²) in [7, 11) is -1.73. The summed E-state index contributed by atoms with van der Waals surface area (Å²) in [6.45, 7) is 0.608. The molecule has 1 aliphatic rings. The van der Waals surface area contributed by atoms with E-state index in [1.54, 1.807) is 30.2 Å². The molecule has 1 amide bonds. The Bertz CT molecular complexity index is 865. The molecular formula is C17H18BrNO4S2. The van der Waals surface area contributed by atoms with Crippen molar-refractivity contribution in [1.82, 2.24) is 4.90 Å². The highest BCUT2D eigenvalue weighted by Gasteiger charge is 2.33. The van der Waals surface area contributed by atoms with Crippen LogP contribution in [0.2, 0.25) is 0 Å². The Morgan fingerprint density at radius 3 is 2.80 bits per heavy atom. The third kappa shape index (κ3) is 3.91. The first-order valence-electron chi connectivity index (χ1n) is 7.80. The smallest absolute Gasteiger partial charge is 0.255 e. The van der Waals surface area contributed by atoms with Gasteiger partial charge in [-0.05, 0) is 52.0 Å². The van der Waals surface area contributed by atoms with Gasteiger partial charge in [0.15, 0.2) is 9.84 Å². The zero-order chi connectivity index (χ0) is 18.0. The molecule has 1 atom stereocenters. The van der Waals surface area contributed by atoms with Crippen LogP contribution in [0.25, 0.3) is 0 Å². The molecule has 25 heavy (non-hydrogen) atoms. The van der Waals surface area contributed by atoms with E-state index in [1.165, 1.54) is 11.3 Å². The summed E-state index contributed by atoms with van der Waals surface area (Å²) in [6.07, 6.45) is 0.413. The molecule has 1 fully saturated rings. The fraction of sp³-hybridized carbons (Fsp3) is 0.353. The number of hydrogen-bond acceptors (Lipinski definition) is 5. The molecule has 5 nitrogen and oxygen atoms in total. The summed E-state index contributed by atoms with van der Waals surface area (Å²) in [5, 5.41) is 1.35. The summed E-state index contributed by atoms with van der Waals surface area (Å²) in [6, 6.07) is 8.90. The molecule has 2 heterocycles. The molecule has 0 N–H and O–H groups in total. The number of hydrogen-bond donors (Lipinski definition) is 0. The summed E-state index contributed by atoms with van der Waals surface area (Å²) in [5.74, 6) is 0.376. The Hall–Kier alpha value is -1.38. The van der Waals surface area contributed by atoms with Gasteiger partial charge in [0.25, 0.3) is 5.91 Å². The quantitative estimate of drug-likeness (QED) is 0.727. The zero-order valence-electron chi connectivity index (χ0n) is 13.6. The van der Waals surface area contributed by atoms with E-state index in [4.69, 9.17) is 4.74 Å². The predicted octanol–water partition coefficient (Wildman–Crippen LogP) is 3.52. The number of thiophene rings is 1. The summed E-state index contributed by atoms with van der Waals surface area (Å²) >= 11 is 4.84. The van der Waals surface area contributed by atoms with E-state index in [1.807, 2.05) is 17.5 Å². The van der Waals surface area contributed by atoms with Crippen LogP contribution in [0.4, 0.5) is 0 Å². The van der Waals surface area contributed by atoms with E-state index in [0.29, 0.717) is 28.8 Å². The SMILES string of the molecule is COc1ccc(Br)c(C(=O)N2CCC(c3cccs3)S(=O)(=O)CC2)c1. The molecule has 8 heteroatoms. The van der Waals surface area contributed by atoms with E-state index < -0.39 is 15.1 Å². The number of carbonyl (C=O) groups excluding carboxylic acids is 1. The Balaban J connectivity index is 1.84. The van der Waals surface area contributed by atoms with Gasteiger partial charge in [-0.3, -0.25) is 4.79 Å². The molecule has 1 aromatic heterocycles. The Labute approximate surface area is 159 Å². The lowest BCUT2D eigenvalue weighted by molar-refractivity contribution is 0.0765.